The number of carbonyl (C=O) groups excluding carboxylic acids is 3. The Bertz CT molecular complexity index is 1440. The third kappa shape index (κ3) is 59.1. The highest BCUT2D eigenvalue weighted by molar-refractivity contribution is 5.71. The Morgan fingerprint density at radius 2 is 0.562 bits per heavy atom. The van der Waals surface area contributed by atoms with Gasteiger partial charge in [0.05, 0.1) is 0 Å². The average molecular weight is 1020 g/mol. The van der Waals surface area contributed by atoms with E-state index in [1.54, 1.807) is 0 Å². The van der Waals surface area contributed by atoms with E-state index in [1.807, 2.05) is 0 Å². The predicted molar refractivity (Wildman–Crippen MR) is 316 cm³/mol. The Balaban J connectivity index is 4.22. The van der Waals surface area contributed by atoms with Crippen molar-refractivity contribution >= 4 is 17.9 Å². The minimum Gasteiger partial charge on any atom is -0.462 e. The van der Waals surface area contributed by atoms with Gasteiger partial charge in [-0.2, -0.15) is 0 Å². The summed E-state index contributed by atoms with van der Waals surface area (Å²) in [5.41, 5.74) is 0. The summed E-state index contributed by atoms with van der Waals surface area (Å²) < 4.78 is 16.8. The smallest absolute Gasteiger partial charge is 0.306 e. The Morgan fingerprint density at radius 1 is 0.288 bits per heavy atom. The third-order valence-corrected chi connectivity index (χ3v) is 13.0. The van der Waals surface area contributed by atoms with E-state index in [4.69, 9.17) is 14.2 Å². The first-order chi connectivity index (χ1) is 36.0. The van der Waals surface area contributed by atoms with Crippen LogP contribution in [0.25, 0.3) is 0 Å². The molecular formula is C67H114O6. The zero-order chi connectivity index (χ0) is 52.9. The molecule has 73 heavy (non-hydrogen) atoms. The molecular weight excluding hydrogens is 901 g/mol. The Hall–Kier alpha value is -3.67. The molecule has 0 aromatic rings. The molecule has 0 bridgehead atoms. The summed E-state index contributed by atoms with van der Waals surface area (Å²) in [6.07, 6.45) is 81.4. The number of hydrogen-bond donors (Lipinski definition) is 0. The Labute approximate surface area is 451 Å². The second-order valence-corrected chi connectivity index (χ2v) is 20.2. The van der Waals surface area contributed by atoms with Crippen LogP contribution in [0.4, 0.5) is 0 Å². The van der Waals surface area contributed by atoms with E-state index in [0.29, 0.717) is 12.8 Å². The standard InChI is InChI=1S/C67H114O6/c1-4-7-10-13-16-19-22-25-26-27-28-29-30-31-32-33-34-35-36-37-38-39-40-43-45-48-51-54-57-60-66(69)72-63-64(73-67(70)61-58-55-52-49-46-42-24-21-18-15-12-9-6-3)62-71-65(68)59-56-53-50-47-44-41-23-20-17-14-11-8-5-2/h9,11-12,14,18,20-23,25,27-28,30-31,42,46,64H,4-8,10,13,15-17,19,24,26,29,32-41,43-45,47-63H2,1-3H3/b12-9-,14-11-,21-18-,23-20-,25-22-,28-27-,31-30-,46-42-. The molecule has 0 amide bonds. The molecule has 6 heteroatoms. The maximum absolute atomic E-state index is 12.8. The van der Waals surface area contributed by atoms with Crippen molar-refractivity contribution in [3.05, 3.63) is 97.2 Å². The van der Waals surface area contributed by atoms with Gasteiger partial charge in [0.2, 0.25) is 0 Å². The van der Waals surface area contributed by atoms with E-state index in [0.717, 1.165) is 128 Å². The third-order valence-electron chi connectivity index (χ3n) is 13.0. The van der Waals surface area contributed by atoms with Gasteiger partial charge < -0.3 is 14.2 Å². The molecule has 0 aromatic carbocycles. The Morgan fingerprint density at radius 3 is 0.904 bits per heavy atom. The number of rotatable bonds is 55. The van der Waals surface area contributed by atoms with Gasteiger partial charge in [-0.05, 0) is 116 Å². The van der Waals surface area contributed by atoms with Crippen LogP contribution in [0.15, 0.2) is 97.2 Å². The van der Waals surface area contributed by atoms with Crippen molar-refractivity contribution in [2.45, 2.75) is 297 Å². The number of carbonyl (C=O) groups is 3. The van der Waals surface area contributed by atoms with Crippen LogP contribution in [0.1, 0.15) is 290 Å². The molecule has 0 aliphatic carbocycles. The molecule has 0 N–H and O–H groups in total. The average Bonchev–Trinajstić information content (AvgIpc) is 3.39. The van der Waals surface area contributed by atoms with Gasteiger partial charge in [0.25, 0.3) is 0 Å². The van der Waals surface area contributed by atoms with Gasteiger partial charge in [0.15, 0.2) is 6.10 Å². The van der Waals surface area contributed by atoms with Crippen LogP contribution < -0.4 is 0 Å². The largest absolute Gasteiger partial charge is 0.462 e. The van der Waals surface area contributed by atoms with Gasteiger partial charge in [-0.1, -0.05) is 253 Å². The summed E-state index contributed by atoms with van der Waals surface area (Å²) in [4.78, 5) is 38.1. The summed E-state index contributed by atoms with van der Waals surface area (Å²) in [6.45, 7) is 6.42. The molecule has 0 aliphatic rings. The minimum absolute atomic E-state index is 0.0939. The number of allylic oxidation sites excluding steroid dienone is 16. The first kappa shape index (κ1) is 69.3. The lowest BCUT2D eigenvalue weighted by Crippen LogP contribution is -2.30. The maximum Gasteiger partial charge on any atom is 0.306 e. The van der Waals surface area contributed by atoms with Crippen molar-refractivity contribution in [3.63, 3.8) is 0 Å². The molecule has 0 saturated heterocycles. The van der Waals surface area contributed by atoms with E-state index < -0.39 is 6.10 Å². The molecule has 0 saturated carbocycles. The van der Waals surface area contributed by atoms with Gasteiger partial charge in [-0.3, -0.25) is 14.4 Å². The highest BCUT2D eigenvalue weighted by Crippen LogP contribution is 2.16. The first-order valence-corrected chi connectivity index (χ1v) is 30.7. The van der Waals surface area contributed by atoms with Gasteiger partial charge in [-0.25, -0.2) is 0 Å². The zero-order valence-corrected chi connectivity index (χ0v) is 47.9. The van der Waals surface area contributed by atoms with Crippen molar-refractivity contribution < 1.29 is 28.6 Å². The van der Waals surface area contributed by atoms with Crippen LogP contribution in [0, 0.1) is 0 Å². The number of esters is 3. The van der Waals surface area contributed by atoms with Crippen LogP contribution in [0.3, 0.4) is 0 Å². The molecule has 0 radical (unpaired) electrons. The second kappa shape index (κ2) is 60.9. The van der Waals surface area contributed by atoms with Crippen molar-refractivity contribution in [1.82, 2.24) is 0 Å². The van der Waals surface area contributed by atoms with Crippen molar-refractivity contribution in [2.24, 2.45) is 0 Å². The molecule has 6 nitrogen and oxygen atoms in total. The molecule has 0 rings (SSSR count). The summed E-state index contributed by atoms with van der Waals surface area (Å²) in [7, 11) is 0. The summed E-state index contributed by atoms with van der Waals surface area (Å²) in [5, 5.41) is 0. The zero-order valence-electron chi connectivity index (χ0n) is 47.9. The topological polar surface area (TPSA) is 78.9 Å². The fraction of sp³-hybridized carbons (Fsp3) is 0.716. The normalized spacial score (nSPS) is 12.8. The molecule has 418 valence electrons. The maximum atomic E-state index is 12.8. The predicted octanol–water partition coefficient (Wildman–Crippen LogP) is 20.9. The van der Waals surface area contributed by atoms with E-state index >= 15 is 0 Å². The monoisotopic (exact) mass is 1010 g/mol. The van der Waals surface area contributed by atoms with E-state index in [2.05, 4.69) is 118 Å². The molecule has 0 fully saturated rings. The lowest BCUT2D eigenvalue weighted by molar-refractivity contribution is -0.167. The molecule has 0 heterocycles. The highest BCUT2D eigenvalue weighted by Gasteiger charge is 2.19. The van der Waals surface area contributed by atoms with Crippen LogP contribution in [-0.2, 0) is 28.6 Å². The molecule has 1 unspecified atom stereocenters. The van der Waals surface area contributed by atoms with E-state index in [9.17, 15) is 14.4 Å². The van der Waals surface area contributed by atoms with Gasteiger partial charge in [-0.15, -0.1) is 0 Å². The quantitative estimate of drug-likeness (QED) is 0.0261. The summed E-state index contributed by atoms with van der Waals surface area (Å²) in [6, 6.07) is 0. The van der Waals surface area contributed by atoms with Gasteiger partial charge in [0, 0.05) is 19.3 Å². The van der Waals surface area contributed by atoms with Crippen molar-refractivity contribution in [3.8, 4) is 0 Å². The van der Waals surface area contributed by atoms with Crippen LogP contribution in [0.2, 0.25) is 0 Å². The van der Waals surface area contributed by atoms with Crippen LogP contribution >= 0.6 is 0 Å². The van der Waals surface area contributed by atoms with Crippen molar-refractivity contribution in [1.29, 1.82) is 0 Å². The second-order valence-electron chi connectivity index (χ2n) is 20.2. The fourth-order valence-electron chi connectivity index (χ4n) is 8.44. The minimum atomic E-state index is -0.799. The molecule has 0 spiro atoms. The van der Waals surface area contributed by atoms with Crippen LogP contribution in [0.5, 0.6) is 0 Å². The highest BCUT2D eigenvalue weighted by atomic mass is 16.6. The lowest BCUT2D eigenvalue weighted by Gasteiger charge is -2.18. The number of hydrogen-bond acceptors (Lipinski definition) is 6. The van der Waals surface area contributed by atoms with Gasteiger partial charge >= 0.3 is 17.9 Å². The molecule has 0 aliphatic heterocycles. The summed E-state index contributed by atoms with van der Waals surface area (Å²) in [5.74, 6) is -0.935. The van der Waals surface area contributed by atoms with E-state index in [1.165, 1.54) is 122 Å². The van der Waals surface area contributed by atoms with Crippen LogP contribution in [-0.4, -0.2) is 37.2 Å². The molecule has 1 atom stereocenters. The fourth-order valence-corrected chi connectivity index (χ4v) is 8.44. The summed E-state index contributed by atoms with van der Waals surface area (Å²) >= 11 is 0. The van der Waals surface area contributed by atoms with E-state index in [-0.39, 0.29) is 37.5 Å². The molecule has 0 aromatic heterocycles. The Kier molecular flexibility index (Phi) is 57.8. The lowest BCUT2D eigenvalue weighted by atomic mass is 10.0. The number of unbranched alkanes of at least 4 members (excludes halogenated alkanes) is 28. The number of ether oxygens (including phenoxy) is 3. The SMILES string of the molecule is CC/C=C\C/C=C\C/C=C\CCCCCC(=O)OC(COC(=O)CCCCCCC/C=C\C/C=C\CCC)COC(=O)CCCCCCCCCCCCCCCC/C=C\C/C=C\C/C=C\CCCCCCC. The van der Waals surface area contributed by atoms with Gasteiger partial charge in [0.1, 0.15) is 13.2 Å². The van der Waals surface area contributed by atoms with Crippen molar-refractivity contribution in [2.75, 3.05) is 13.2 Å². The first-order valence-electron chi connectivity index (χ1n) is 30.7.